The Hall–Kier alpha value is -1.43. The Morgan fingerprint density at radius 1 is 0.957 bits per heavy atom. The second-order valence-electron chi connectivity index (χ2n) is 6.77. The van der Waals surface area contributed by atoms with Gasteiger partial charge >= 0.3 is 0 Å². The lowest BCUT2D eigenvalue weighted by atomic mass is 10.1. The van der Waals surface area contributed by atoms with Crippen LogP contribution in [-0.4, -0.2) is 51.8 Å². The second kappa shape index (κ2) is 8.43. The maximum absolute atomic E-state index is 12.0. The zero-order chi connectivity index (χ0) is 15.9. The number of morpholine rings is 1. The average Bonchev–Trinajstić information content (AvgIpc) is 3.08. The molecule has 3 N–H and O–H groups in total. The minimum Gasteiger partial charge on any atom is -0.370 e. The maximum Gasteiger partial charge on any atom is 0.275 e. The molecule has 1 aromatic rings. The first-order valence-electron chi connectivity index (χ1n) is 8.89. The van der Waals surface area contributed by atoms with Crippen LogP contribution in [0.2, 0.25) is 0 Å². The quantitative estimate of drug-likeness (QED) is 0.591. The second-order valence-corrected chi connectivity index (χ2v) is 6.77. The Bertz CT molecular complexity index is 491. The molecule has 0 aromatic heterocycles. The van der Waals surface area contributed by atoms with Gasteiger partial charge in [-0.3, -0.25) is 4.79 Å². The first-order valence-corrected chi connectivity index (χ1v) is 8.89. The number of benzene rings is 1. The highest BCUT2D eigenvalue weighted by atomic mass is 16.5. The highest BCUT2D eigenvalue weighted by Gasteiger charge is 2.18. The number of carbonyl (C=O) groups is 1. The fourth-order valence-electron chi connectivity index (χ4n) is 3.44. The minimum atomic E-state index is 0.170. The largest absolute Gasteiger partial charge is 0.370 e. The van der Waals surface area contributed by atoms with E-state index in [2.05, 4.69) is 29.6 Å². The molecule has 126 valence electrons. The Morgan fingerprint density at radius 2 is 1.61 bits per heavy atom. The van der Waals surface area contributed by atoms with Crippen LogP contribution in [-0.2, 0) is 22.6 Å². The van der Waals surface area contributed by atoms with Gasteiger partial charge in [0, 0.05) is 24.9 Å². The predicted octanol–water partition coefficient (Wildman–Crippen LogP) is -1.60. The van der Waals surface area contributed by atoms with Gasteiger partial charge in [0.2, 0.25) is 0 Å². The van der Waals surface area contributed by atoms with Crippen molar-refractivity contribution in [1.82, 2.24) is 5.32 Å². The third kappa shape index (κ3) is 5.30. The van der Waals surface area contributed by atoms with Gasteiger partial charge in [0.1, 0.15) is 19.6 Å². The summed E-state index contributed by atoms with van der Waals surface area (Å²) in [6, 6.07) is 8.65. The molecule has 0 bridgehead atoms. The smallest absolute Gasteiger partial charge is 0.275 e. The normalized spacial score (nSPS) is 19.8. The van der Waals surface area contributed by atoms with E-state index in [1.54, 1.807) is 4.90 Å². The van der Waals surface area contributed by atoms with Gasteiger partial charge in [-0.05, 0) is 5.56 Å². The van der Waals surface area contributed by atoms with Crippen molar-refractivity contribution in [3.05, 3.63) is 35.4 Å². The van der Waals surface area contributed by atoms with Gasteiger partial charge in [-0.25, -0.2) is 0 Å². The van der Waals surface area contributed by atoms with E-state index in [9.17, 15) is 4.79 Å². The van der Waals surface area contributed by atoms with E-state index < -0.39 is 0 Å². The molecule has 0 spiro atoms. The number of rotatable bonds is 6. The van der Waals surface area contributed by atoms with E-state index in [4.69, 9.17) is 4.74 Å². The Balaban J connectivity index is 1.40. The van der Waals surface area contributed by atoms with Crippen LogP contribution in [0.15, 0.2) is 24.3 Å². The van der Waals surface area contributed by atoms with E-state index in [1.807, 2.05) is 0 Å². The highest BCUT2D eigenvalue weighted by Crippen LogP contribution is 2.03. The van der Waals surface area contributed by atoms with Gasteiger partial charge < -0.3 is 19.9 Å². The first kappa shape index (κ1) is 16.4. The number of likely N-dealkylation sites (tertiary alicyclic amines) is 1. The van der Waals surface area contributed by atoms with E-state index in [1.165, 1.54) is 28.9 Å². The van der Waals surface area contributed by atoms with Gasteiger partial charge in [-0.15, -0.1) is 0 Å². The molecular formula is C18H29N3O2+2. The molecule has 0 atom stereocenters. The van der Waals surface area contributed by atoms with Crippen LogP contribution in [0.25, 0.3) is 0 Å². The number of hydrogen-bond donors (Lipinski definition) is 3. The lowest BCUT2D eigenvalue weighted by molar-refractivity contribution is -0.921. The van der Waals surface area contributed by atoms with Gasteiger partial charge in [0.25, 0.3) is 5.91 Å². The predicted molar refractivity (Wildman–Crippen MR) is 88.3 cm³/mol. The average molecular weight is 319 g/mol. The molecule has 0 radical (unpaired) electrons. The van der Waals surface area contributed by atoms with Crippen molar-refractivity contribution < 1.29 is 19.3 Å². The topological polar surface area (TPSA) is 47.2 Å². The molecule has 1 aromatic carbocycles. The van der Waals surface area contributed by atoms with Crippen LogP contribution in [0.1, 0.15) is 24.0 Å². The Labute approximate surface area is 138 Å². The van der Waals surface area contributed by atoms with E-state index in [-0.39, 0.29) is 5.91 Å². The molecule has 0 aliphatic carbocycles. The third-order valence-corrected chi connectivity index (χ3v) is 4.89. The number of carbonyl (C=O) groups excluding carboxylic acids is 1. The minimum absolute atomic E-state index is 0.170. The van der Waals surface area contributed by atoms with E-state index in [0.29, 0.717) is 13.1 Å². The molecule has 2 heterocycles. The van der Waals surface area contributed by atoms with Gasteiger partial charge in [0.15, 0.2) is 6.54 Å². The first-order chi connectivity index (χ1) is 11.3. The van der Waals surface area contributed by atoms with Crippen molar-refractivity contribution in [3.8, 4) is 0 Å². The molecule has 23 heavy (non-hydrogen) atoms. The fourth-order valence-corrected chi connectivity index (χ4v) is 3.44. The number of nitrogens with one attached hydrogen (secondary N) is 3. The highest BCUT2D eigenvalue weighted by molar-refractivity contribution is 5.76. The zero-order valence-corrected chi connectivity index (χ0v) is 13.9. The van der Waals surface area contributed by atoms with Crippen molar-refractivity contribution in [3.63, 3.8) is 0 Å². The monoisotopic (exact) mass is 319 g/mol. The van der Waals surface area contributed by atoms with Crippen LogP contribution < -0.4 is 15.1 Å². The molecule has 2 saturated heterocycles. The molecular weight excluding hydrogens is 290 g/mol. The third-order valence-electron chi connectivity index (χ3n) is 4.89. The Morgan fingerprint density at radius 3 is 2.30 bits per heavy atom. The van der Waals surface area contributed by atoms with Crippen LogP contribution in [0.4, 0.5) is 0 Å². The SMILES string of the molecule is O=C(C[NH+]1CCCC1)NCc1ccc(C[NH+]2CCOCC2)cc1. The molecule has 0 saturated carbocycles. The van der Waals surface area contributed by atoms with Crippen molar-refractivity contribution in [2.24, 2.45) is 0 Å². The lowest BCUT2D eigenvalue weighted by Crippen LogP contribution is -3.12. The molecule has 2 aliphatic rings. The summed E-state index contributed by atoms with van der Waals surface area (Å²) in [5.41, 5.74) is 2.54. The summed E-state index contributed by atoms with van der Waals surface area (Å²) in [4.78, 5) is 15.0. The summed E-state index contributed by atoms with van der Waals surface area (Å²) in [6.45, 7) is 8.55. The van der Waals surface area contributed by atoms with Crippen molar-refractivity contribution >= 4 is 5.91 Å². The van der Waals surface area contributed by atoms with Gasteiger partial charge in [-0.1, -0.05) is 24.3 Å². The van der Waals surface area contributed by atoms with Crippen molar-refractivity contribution in [2.75, 3.05) is 45.9 Å². The van der Waals surface area contributed by atoms with Gasteiger partial charge in [-0.2, -0.15) is 0 Å². The summed E-state index contributed by atoms with van der Waals surface area (Å²) in [5, 5.41) is 3.05. The van der Waals surface area contributed by atoms with Crippen molar-refractivity contribution in [1.29, 1.82) is 0 Å². The summed E-state index contributed by atoms with van der Waals surface area (Å²) in [6.07, 6.45) is 2.52. The zero-order valence-electron chi connectivity index (χ0n) is 13.9. The number of hydrogen-bond acceptors (Lipinski definition) is 2. The van der Waals surface area contributed by atoms with Crippen LogP contribution >= 0.6 is 0 Å². The van der Waals surface area contributed by atoms with Crippen LogP contribution in [0.5, 0.6) is 0 Å². The molecule has 3 rings (SSSR count). The lowest BCUT2D eigenvalue weighted by Gasteiger charge is -2.23. The summed E-state index contributed by atoms with van der Waals surface area (Å²) < 4.78 is 5.40. The summed E-state index contributed by atoms with van der Waals surface area (Å²) >= 11 is 0. The standard InChI is InChI=1S/C18H27N3O2/c22-18(15-20-7-1-2-8-20)19-13-16-3-5-17(6-4-16)14-21-9-11-23-12-10-21/h3-6H,1-2,7-15H2,(H,19,22)/p+2. The molecule has 2 fully saturated rings. The molecule has 0 unspecified atom stereocenters. The molecule has 2 aliphatic heterocycles. The molecule has 5 heteroatoms. The van der Waals surface area contributed by atoms with Crippen molar-refractivity contribution in [2.45, 2.75) is 25.9 Å². The summed E-state index contributed by atoms with van der Waals surface area (Å²) in [7, 11) is 0. The molecule has 5 nitrogen and oxygen atoms in total. The van der Waals surface area contributed by atoms with E-state index >= 15 is 0 Å². The number of ether oxygens (including phenoxy) is 1. The number of amides is 1. The fraction of sp³-hybridized carbons (Fsp3) is 0.611. The maximum atomic E-state index is 12.0. The molecule has 1 amide bonds. The summed E-state index contributed by atoms with van der Waals surface area (Å²) in [5.74, 6) is 0.170. The Kier molecular flexibility index (Phi) is 6.02. The van der Waals surface area contributed by atoms with E-state index in [0.717, 1.165) is 45.9 Å². The number of quaternary nitrogens is 2. The van der Waals surface area contributed by atoms with Gasteiger partial charge in [0.05, 0.1) is 26.3 Å². The van der Waals surface area contributed by atoms with Crippen LogP contribution in [0.3, 0.4) is 0 Å². The van der Waals surface area contributed by atoms with Crippen LogP contribution in [0, 0.1) is 0 Å².